The Morgan fingerprint density at radius 2 is 2.21 bits per heavy atom. The first-order valence-electron chi connectivity index (χ1n) is 9.92. The minimum Gasteiger partial charge on any atom is -0.396 e. The fourth-order valence-electron chi connectivity index (χ4n) is 4.05. The number of H-pyrrole nitrogens is 1. The van der Waals surface area contributed by atoms with Crippen LogP contribution in [0.3, 0.4) is 0 Å². The molecule has 7 nitrogen and oxygen atoms in total. The molecule has 28 heavy (non-hydrogen) atoms. The maximum absolute atomic E-state index is 12.8. The van der Waals surface area contributed by atoms with Crippen molar-refractivity contribution >= 4 is 23.2 Å². The van der Waals surface area contributed by atoms with Crippen LogP contribution in [-0.2, 0) is 24.2 Å². The van der Waals surface area contributed by atoms with Gasteiger partial charge in [0.15, 0.2) is 5.69 Å². The van der Waals surface area contributed by atoms with E-state index in [-0.39, 0.29) is 24.3 Å². The minimum absolute atomic E-state index is 0.0656. The predicted molar refractivity (Wildman–Crippen MR) is 106 cm³/mol. The lowest BCUT2D eigenvalue weighted by Gasteiger charge is -2.27. The highest BCUT2D eigenvalue weighted by Crippen LogP contribution is 2.24. The van der Waals surface area contributed by atoms with Crippen molar-refractivity contribution in [2.45, 2.75) is 38.6 Å². The second-order valence-electron chi connectivity index (χ2n) is 7.62. The highest BCUT2D eigenvalue weighted by atomic mass is 32.1. The number of aromatic nitrogens is 2. The Labute approximate surface area is 168 Å². The number of thiophene rings is 1. The second-order valence-corrected chi connectivity index (χ2v) is 8.65. The van der Waals surface area contributed by atoms with Crippen molar-refractivity contribution in [3.8, 4) is 0 Å². The number of carbonyl (C=O) groups excluding carboxylic acids is 2. The first kappa shape index (κ1) is 19.1. The normalized spacial score (nSPS) is 19.1. The number of aliphatic hydroxyl groups excluding tert-OH is 1. The summed E-state index contributed by atoms with van der Waals surface area (Å²) in [5, 5.41) is 18.6. The summed E-state index contributed by atoms with van der Waals surface area (Å²) in [6.07, 6.45) is 3.83. The number of fused-ring (bicyclic) bond motifs is 1. The molecule has 0 saturated carbocycles. The largest absolute Gasteiger partial charge is 0.396 e. The summed E-state index contributed by atoms with van der Waals surface area (Å²) < 4.78 is 0. The van der Waals surface area contributed by atoms with E-state index in [9.17, 15) is 14.7 Å². The van der Waals surface area contributed by atoms with Gasteiger partial charge < -0.3 is 14.9 Å². The molecule has 0 spiro atoms. The van der Waals surface area contributed by atoms with Crippen molar-refractivity contribution in [3.05, 3.63) is 39.3 Å². The zero-order valence-corrected chi connectivity index (χ0v) is 16.7. The number of hydrogen-bond acceptors (Lipinski definition) is 5. The van der Waals surface area contributed by atoms with E-state index in [0.29, 0.717) is 44.7 Å². The van der Waals surface area contributed by atoms with E-state index in [0.717, 1.165) is 30.5 Å². The van der Waals surface area contributed by atoms with Gasteiger partial charge in [0.25, 0.3) is 5.91 Å². The third kappa shape index (κ3) is 3.98. The molecule has 0 aliphatic carbocycles. The molecule has 0 radical (unpaired) electrons. The molecule has 0 bridgehead atoms. The summed E-state index contributed by atoms with van der Waals surface area (Å²) in [4.78, 5) is 30.3. The van der Waals surface area contributed by atoms with Crippen LogP contribution >= 0.6 is 11.3 Å². The highest BCUT2D eigenvalue weighted by molar-refractivity contribution is 7.09. The van der Waals surface area contributed by atoms with Crippen molar-refractivity contribution in [2.75, 3.05) is 26.2 Å². The molecule has 1 saturated heterocycles. The molecule has 2 aromatic heterocycles. The number of aromatic amines is 1. The van der Waals surface area contributed by atoms with Gasteiger partial charge in [-0.15, -0.1) is 11.3 Å². The number of hydrogen-bond donors (Lipinski definition) is 2. The van der Waals surface area contributed by atoms with Crippen LogP contribution in [0.2, 0.25) is 0 Å². The number of aliphatic hydroxyl groups is 1. The lowest BCUT2D eigenvalue weighted by atomic mass is 10.0. The monoisotopic (exact) mass is 402 g/mol. The molecule has 2 aliphatic heterocycles. The van der Waals surface area contributed by atoms with Gasteiger partial charge >= 0.3 is 0 Å². The zero-order chi connectivity index (χ0) is 19.5. The SMILES string of the molecule is O=C(CCCc1cccs1)N1CCc2c(C(=O)N3CCC(CO)C3)n[nH]c2C1. The molecule has 4 rings (SSSR count). The van der Waals surface area contributed by atoms with Crippen LogP contribution < -0.4 is 0 Å². The first-order chi connectivity index (χ1) is 13.7. The predicted octanol–water partition coefficient (Wildman–Crippen LogP) is 1.83. The molecule has 2 amide bonds. The van der Waals surface area contributed by atoms with Crippen molar-refractivity contribution in [1.29, 1.82) is 0 Å². The number of rotatable bonds is 6. The lowest BCUT2D eigenvalue weighted by molar-refractivity contribution is -0.132. The number of carbonyl (C=O) groups is 2. The van der Waals surface area contributed by atoms with E-state index in [2.05, 4.69) is 21.6 Å². The Hall–Kier alpha value is -2.19. The third-order valence-corrected chi connectivity index (χ3v) is 6.65. The molecule has 0 aromatic carbocycles. The molecule has 1 fully saturated rings. The number of amides is 2. The summed E-state index contributed by atoms with van der Waals surface area (Å²) in [5.74, 6) is 0.264. The molecule has 2 N–H and O–H groups in total. The van der Waals surface area contributed by atoms with Crippen LogP contribution in [0.5, 0.6) is 0 Å². The quantitative estimate of drug-likeness (QED) is 0.771. The molecule has 8 heteroatoms. The molecule has 1 unspecified atom stereocenters. The van der Waals surface area contributed by atoms with Crippen LogP contribution in [0.15, 0.2) is 17.5 Å². The standard InChI is InChI=1S/C20H26N4O3S/c25-13-14-6-8-24(11-14)20(27)19-16-7-9-23(12-17(16)21-22-19)18(26)5-1-3-15-4-2-10-28-15/h2,4,10,14,25H,1,3,5-9,11-13H2,(H,21,22). The Morgan fingerprint density at radius 1 is 1.32 bits per heavy atom. The van der Waals surface area contributed by atoms with Crippen molar-refractivity contribution in [3.63, 3.8) is 0 Å². The molecule has 4 heterocycles. The first-order valence-corrected chi connectivity index (χ1v) is 10.8. The van der Waals surface area contributed by atoms with Gasteiger partial charge in [0.1, 0.15) is 0 Å². The van der Waals surface area contributed by atoms with Gasteiger partial charge in [-0.3, -0.25) is 14.7 Å². The smallest absolute Gasteiger partial charge is 0.274 e. The van der Waals surface area contributed by atoms with E-state index in [1.54, 1.807) is 16.2 Å². The molecular formula is C20H26N4O3S. The van der Waals surface area contributed by atoms with Crippen LogP contribution in [-0.4, -0.2) is 63.2 Å². The maximum atomic E-state index is 12.8. The Kier molecular flexibility index (Phi) is 5.77. The van der Waals surface area contributed by atoms with Crippen molar-refractivity contribution in [2.24, 2.45) is 5.92 Å². The topological polar surface area (TPSA) is 89.5 Å². The van der Waals surface area contributed by atoms with Crippen molar-refractivity contribution in [1.82, 2.24) is 20.0 Å². The van der Waals surface area contributed by atoms with E-state index < -0.39 is 0 Å². The van der Waals surface area contributed by atoms with Gasteiger partial charge in [-0.05, 0) is 37.1 Å². The van der Waals surface area contributed by atoms with Crippen LogP contribution in [0.1, 0.15) is 45.9 Å². The molecule has 2 aliphatic rings. The van der Waals surface area contributed by atoms with Gasteiger partial charge in [-0.2, -0.15) is 5.10 Å². The Balaban J connectivity index is 1.33. The fraction of sp³-hybridized carbons (Fsp3) is 0.550. The summed E-state index contributed by atoms with van der Waals surface area (Å²) in [7, 11) is 0. The van der Waals surface area contributed by atoms with E-state index in [1.165, 1.54) is 4.88 Å². The van der Waals surface area contributed by atoms with Gasteiger partial charge in [-0.25, -0.2) is 0 Å². The van der Waals surface area contributed by atoms with E-state index in [1.807, 2.05) is 11.0 Å². The lowest BCUT2D eigenvalue weighted by Crippen LogP contribution is -2.36. The van der Waals surface area contributed by atoms with Gasteiger partial charge in [0.05, 0.1) is 12.2 Å². The van der Waals surface area contributed by atoms with Crippen molar-refractivity contribution < 1.29 is 14.7 Å². The Bertz CT molecular complexity index is 833. The summed E-state index contributed by atoms with van der Waals surface area (Å²) in [6, 6.07) is 4.14. The highest BCUT2D eigenvalue weighted by Gasteiger charge is 2.32. The van der Waals surface area contributed by atoms with Gasteiger partial charge in [0, 0.05) is 49.0 Å². The average Bonchev–Trinajstić information content (AvgIpc) is 3.46. The average molecular weight is 403 g/mol. The van der Waals surface area contributed by atoms with E-state index in [4.69, 9.17) is 0 Å². The maximum Gasteiger partial charge on any atom is 0.274 e. The Morgan fingerprint density at radius 3 is 2.96 bits per heavy atom. The van der Waals surface area contributed by atoms with Crippen LogP contribution in [0.4, 0.5) is 0 Å². The summed E-state index contributed by atoms with van der Waals surface area (Å²) in [6.45, 7) is 2.50. The number of likely N-dealkylation sites (tertiary alicyclic amines) is 1. The molecular weight excluding hydrogens is 376 g/mol. The molecule has 1 atom stereocenters. The number of nitrogens with zero attached hydrogens (tertiary/aromatic N) is 3. The van der Waals surface area contributed by atoms with Gasteiger partial charge in [0.2, 0.25) is 5.91 Å². The fourth-order valence-corrected chi connectivity index (χ4v) is 4.80. The second kappa shape index (κ2) is 8.45. The third-order valence-electron chi connectivity index (χ3n) is 5.71. The van der Waals surface area contributed by atoms with Crippen LogP contribution in [0, 0.1) is 5.92 Å². The summed E-state index contributed by atoms with van der Waals surface area (Å²) in [5.41, 5.74) is 2.30. The van der Waals surface area contributed by atoms with Crippen LogP contribution in [0.25, 0.3) is 0 Å². The minimum atomic E-state index is -0.0656. The van der Waals surface area contributed by atoms with Gasteiger partial charge in [-0.1, -0.05) is 6.07 Å². The number of aryl methyl sites for hydroxylation is 1. The van der Waals surface area contributed by atoms with E-state index >= 15 is 0 Å². The number of nitrogens with one attached hydrogen (secondary N) is 1. The summed E-state index contributed by atoms with van der Waals surface area (Å²) >= 11 is 1.73. The molecule has 150 valence electrons. The zero-order valence-electron chi connectivity index (χ0n) is 15.9. The molecule has 2 aromatic rings.